The number of ether oxygens (including phenoxy) is 1. The molecule has 0 radical (unpaired) electrons. The standard InChI is InChI=1S/C13H20N2O2/c1-17-13-5-3-2-4-12(13)15-8-6-14(7-9-15)10-11-16/h2-5,16H,6-11H2,1H3. The highest BCUT2D eigenvalue weighted by Crippen LogP contribution is 2.28. The lowest BCUT2D eigenvalue weighted by Crippen LogP contribution is -2.47. The van der Waals surface area contributed by atoms with Gasteiger partial charge in [-0.2, -0.15) is 0 Å². The molecule has 17 heavy (non-hydrogen) atoms. The van der Waals surface area contributed by atoms with E-state index in [2.05, 4.69) is 15.9 Å². The Kier molecular flexibility index (Phi) is 4.23. The molecule has 1 heterocycles. The first-order chi connectivity index (χ1) is 8.35. The molecule has 0 saturated carbocycles. The molecule has 1 saturated heterocycles. The van der Waals surface area contributed by atoms with Crippen molar-refractivity contribution in [3.63, 3.8) is 0 Å². The fourth-order valence-electron chi connectivity index (χ4n) is 2.24. The van der Waals surface area contributed by atoms with E-state index in [1.807, 2.05) is 18.2 Å². The molecule has 0 amide bonds. The SMILES string of the molecule is COc1ccccc1N1CCN(CCO)CC1. The van der Waals surface area contributed by atoms with Gasteiger partial charge in [-0.3, -0.25) is 4.90 Å². The Labute approximate surface area is 102 Å². The maximum Gasteiger partial charge on any atom is 0.142 e. The molecule has 0 aliphatic carbocycles. The number of benzene rings is 1. The number of aliphatic hydroxyl groups is 1. The van der Waals surface area contributed by atoms with Gasteiger partial charge in [-0.15, -0.1) is 0 Å². The molecule has 0 unspecified atom stereocenters. The van der Waals surface area contributed by atoms with Gasteiger partial charge in [-0.1, -0.05) is 12.1 Å². The molecule has 0 spiro atoms. The van der Waals surface area contributed by atoms with Crippen LogP contribution >= 0.6 is 0 Å². The summed E-state index contributed by atoms with van der Waals surface area (Å²) in [5.74, 6) is 0.933. The maximum absolute atomic E-state index is 8.91. The van der Waals surface area contributed by atoms with Crippen molar-refractivity contribution in [1.82, 2.24) is 4.90 Å². The highest BCUT2D eigenvalue weighted by molar-refractivity contribution is 5.58. The number of aliphatic hydroxyl groups excluding tert-OH is 1. The third kappa shape index (κ3) is 2.90. The van der Waals surface area contributed by atoms with E-state index in [4.69, 9.17) is 9.84 Å². The van der Waals surface area contributed by atoms with Crippen LogP contribution < -0.4 is 9.64 Å². The molecule has 1 aromatic carbocycles. The zero-order valence-corrected chi connectivity index (χ0v) is 10.3. The second kappa shape index (κ2) is 5.89. The Morgan fingerprint density at radius 3 is 2.53 bits per heavy atom. The fraction of sp³-hybridized carbons (Fsp3) is 0.538. The van der Waals surface area contributed by atoms with E-state index >= 15 is 0 Å². The first-order valence-electron chi connectivity index (χ1n) is 6.06. The summed E-state index contributed by atoms with van der Waals surface area (Å²) in [5.41, 5.74) is 1.17. The third-order valence-electron chi connectivity index (χ3n) is 3.21. The molecular formula is C13H20N2O2. The molecule has 94 valence electrons. The summed E-state index contributed by atoms with van der Waals surface area (Å²) in [7, 11) is 1.71. The molecule has 0 bridgehead atoms. The molecule has 0 atom stereocenters. The van der Waals surface area contributed by atoms with Crippen molar-refractivity contribution < 1.29 is 9.84 Å². The van der Waals surface area contributed by atoms with Crippen molar-refractivity contribution in [3.05, 3.63) is 24.3 Å². The van der Waals surface area contributed by atoms with Gasteiger partial charge in [0.2, 0.25) is 0 Å². The highest BCUT2D eigenvalue weighted by Gasteiger charge is 2.18. The van der Waals surface area contributed by atoms with Gasteiger partial charge in [0.15, 0.2) is 0 Å². The number of hydrogen-bond donors (Lipinski definition) is 1. The number of para-hydroxylation sites is 2. The average molecular weight is 236 g/mol. The monoisotopic (exact) mass is 236 g/mol. The lowest BCUT2D eigenvalue weighted by Gasteiger charge is -2.36. The maximum atomic E-state index is 8.91. The molecule has 1 N–H and O–H groups in total. The predicted molar refractivity (Wildman–Crippen MR) is 68.7 cm³/mol. The Hall–Kier alpha value is -1.26. The smallest absolute Gasteiger partial charge is 0.142 e. The van der Waals surface area contributed by atoms with E-state index in [1.54, 1.807) is 7.11 Å². The molecule has 1 fully saturated rings. The number of nitrogens with zero attached hydrogens (tertiary/aromatic N) is 2. The quantitative estimate of drug-likeness (QED) is 0.839. The van der Waals surface area contributed by atoms with Crippen molar-refractivity contribution in [2.75, 3.05) is 51.3 Å². The van der Waals surface area contributed by atoms with Gasteiger partial charge in [0.25, 0.3) is 0 Å². The second-order valence-electron chi connectivity index (χ2n) is 4.22. The first-order valence-corrected chi connectivity index (χ1v) is 6.06. The average Bonchev–Trinajstić information content (AvgIpc) is 2.40. The van der Waals surface area contributed by atoms with E-state index in [0.29, 0.717) is 0 Å². The minimum Gasteiger partial charge on any atom is -0.495 e. The number of methoxy groups -OCH3 is 1. The van der Waals surface area contributed by atoms with Crippen LogP contribution in [0.5, 0.6) is 5.75 Å². The van der Waals surface area contributed by atoms with E-state index in [0.717, 1.165) is 38.5 Å². The topological polar surface area (TPSA) is 35.9 Å². The number of piperazine rings is 1. The van der Waals surface area contributed by atoms with Crippen molar-refractivity contribution >= 4 is 5.69 Å². The summed E-state index contributed by atoms with van der Waals surface area (Å²) in [6, 6.07) is 8.12. The van der Waals surface area contributed by atoms with Crippen LogP contribution in [-0.4, -0.2) is 56.4 Å². The molecular weight excluding hydrogens is 216 g/mol. The number of anilines is 1. The largest absolute Gasteiger partial charge is 0.495 e. The molecule has 4 nitrogen and oxygen atoms in total. The van der Waals surface area contributed by atoms with Gasteiger partial charge in [0.05, 0.1) is 19.4 Å². The van der Waals surface area contributed by atoms with Crippen molar-refractivity contribution in [3.8, 4) is 5.75 Å². The van der Waals surface area contributed by atoms with Gasteiger partial charge in [0.1, 0.15) is 5.75 Å². The zero-order chi connectivity index (χ0) is 12.1. The summed E-state index contributed by atoms with van der Waals surface area (Å²) in [6.07, 6.45) is 0. The van der Waals surface area contributed by atoms with Crippen LogP contribution in [0.4, 0.5) is 5.69 Å². The first kappa shape index (κ1) is 12.2. The number of rotatable bonds is 4. The van der Waals surface area contributed by atoms with Crippen LogP contribution in [0, 0.1) is 0 Å². The number of hydrogen-bond acceptors (Lipinski definition) is 4. The molecule has 1 aliphatic heterocycles. The van der Waals surface area contributed by atoms with Gasteiger partial charge < -0.3 is 14.7 Å². The fourth-order valence-corrected chi connectivity index (χ4v) is 2.24. The number of β-amino-alcohol motifs (C(OH)–C–C–N with tert-alkyl or cyclic N) is 1. The molecule has 0 aromatic heterocycles. The predicted octanol–water partition coefficient (Wildman–Crippen LogP) is 0.809. The van der Waals surface area contributed by atoms with Crippen LogP contribution in [0.3, 0.4) is 0 Å². The molecule has 1 aromatic rings. The van der Waals surface area contributed by atoms with Gasteiger partial charge in [0, 0.05) is 32.7 Å². The summed E-state index contributed by atoms with van der Waals surface area (Å²) < 4.78 is 5.38. The van der Waals surface area contributed by atoms with E-state index in [1.165, 1.54) is 5.69 Å². The van der Waals surface area contributed by atoms with Crippen LogP contribution in [0.25, 0.3) is 0 Å². The van der Waals surface area contributed by atoms with Crippen LogP contribution in [0.15, 0.2) is 24.3 Å². The lowest BCUT2D eigenvalue weighted by molar-refractivity contribution is 0.188. The summed E-state index contributed by atoms with van der Waals surface area (Å²) in [4.78, 5) is 4.62. The lowest BCUT2D eigenvalue weighted by atomic mass is 10.2. The highest BCUT2D eigenvalue weighted by atomic mass is 16.5. The zero-order valence-electron chi connectivity index (χ0n) is 10.3. The Morgan fingerprint density at radius 2 is 1.88 bits per heavy atom. The van der Waals surface area contributed by atoms with Gasteiger partial charge in [-0.05, 0) is 12.1 Å². The van der Waals surface area contributed by atoms with E-state index in [-0.39, 0.29) is 6.61 Å². The van der Waals surface area contributed by atoms with Crippen molar-refractivity contribution in [1.29, 1.82) is 0 Å². The summed E-state index contributed by atoms with van der Waals surface area (Å²) in [6.45, 7) is 4.99. The van der Waals surface area contributed by atoms with Crippen LogP contribution in [-0.2, 0) is 0 Å². The Morgan fingerprint density at radius 1 is 1.18 bits per heavy atom. The summed E-state index contributed by atoms with van der Waals surface area (Å²) in [5, 5.41) is 8.91. The van der Waals surface area contributed by atoms with Crippen LogP contribution in [0.2, 0.25) is 0 Å². The van der Waals surface area contributed by atoms with Gasteiger partial charge >= 0.3 is 0 Å². The molecule has 1 aliphatic rings. The minimum absolute atomic E-state index is 0.245. The van der Waals surface area contributed by atoms with Crippen molar-refractivity contribution in [2.45, 2.75) is 0 Å². The Bertz CT molecular complexity index is 349. The van der Waals surface area contributed by atoms with E-state index in [9.17, 15) is 0 Å². The minimum atomic E-state index is 0.245. The molecule has 4 heteroatoms. The van der Waals surface area contributed by atoms with Crippen LogP contribution in [0.1, 0.15) is 0 Å². The van der Waals surface area contributed by atoms with Crippen molar-refractivity contribution in [2.24, 2.45) is 0 Å². The Balaban J connectivity index is 2.00. The molecule has 2 rings (SSSR count). The van der Waals surface area contributed by atoms with E-state index < -0.39 is 0 Å². The normalized spacial score (nSPS) is 17.2. The summed E-state index contributed by atoms with van der Waals surface area (Å²) >= 11 is 0. The second-order valence-corrected chi connectivity index (χ2v) is 4.22. The third-order valence-corrected chi connectivity index (χ3v) is 3.21. The van der Waals surface area contributed by atoms with Gasteiger partial charge in [-0.25, -0.2) is 0 Å².